The van der Waals surface area contributed by atoms with Gasteiger partial charge in [0.2, 0.25) is 0 Å². The van der Waals surface area contributed by atoms with Crippen LogP contribution in [-0.4, -0.2) is 5.84 Å². The number of nitrogens with one attached hydrogen (secondary N) is 1. The molecule has 92 valence electrons. The minimum Gasteiger partial charge on any atom is -0.344 e. The van der Waals surface area contributed by atoms with E-state index in [4.69, 9.17) is 0 Å². The maximum absolute atomic E-state index is 4.54. The van der Waals surface area contributed by atoms with Crippen molar-refractivity contribution in [1.29, 1.82) is 0 Å². The number of amidine groups is 1. The Morgan fingerprint density at radius 3 is 2.50 bits per heavy atom. The van der Waals surface area contributed by atoms with Gasteiger partial charge in [-0.3, -0.25) is 0 Å². The summed E-state index contributed by atoms with van der Waals surface area (Å²) in [5.41, 5.74) is 1.93. The van der Waals surface area contributed by atoms with Gasteiger partial charge in [0, 0.05) is 14.6 Å². The summed E-state index contributed by atoms with van der Waals surface area (Å²) in [7, 11) is 0. The van der Waals surface area contributed by atoms with E-state index in [2.05, 4.69) is 42.2 Å². The third-order valence-corrected chi connectivity index (χ3v) is 3.46. The molecule has 0 fully saturated rings. The molecule has 0 radical (unpaired) electrons. The lowest BCUT2D eigenvalue weighted by molar-refractivity contribution is 1.43. The Bertz CT molecular complexity index is 565. The van der Waals surface area contributed by atoms with Crippen molar-refractivity contribution in [1.82, 2.24) is 0 Å². The average Bonchev–Trinajstić information content (AvgIpc) is 2.35. The molecule has 0 aliphatic rings. The van der Waals surface area contributed by atoms with E-state index in [0.717, 1.165) is 26.2 Å². The standard InChI is InChI=1S/C14H12Br2N2/c1-10(17-12-5-3-2-4-6-12)18-14-9-11(15)7-8-13(14)16/h2-9H,1H3,(H,17,18). The first kappa shape index (κ1) is 13.3. The summed E-state index contributed by atoms with van der Waals surface area (Å²) < 4.78 is 1.98. The fourth-order valence-corrected chi connectivity index (χ4v) is 2.19. The molecular weight excluding hydrogens is 356 g/mol. The summed E-state index contributed by atoms with van der Waals surface area (Å²) in [6, 6.07) is 15.9. The van der Waals surface area contributed by atoms with Gasteiger partial charge in [-0.2, -0.15) is 0 Å². The van der Waals surface area contributed by atoms with Gasteiger partial charge >= 0.3 is 0 Å². The van der Waals surface area contributed by atoms with E-state index in [0.29, 0.717) is 0 Å². The molecule has 2 nitrogen and oxygen atoms in total. The van der Waals surface area contributed by atoms with Crippen LogP contribution in [-0.2, 0) is 0 Å². The molecule has 1 N–H and O–H groups in total. The second-order valence-corrected chi connectivity index (χ2v) is 5.55. The fraction of sp³-hybridized carbons (Fsp3) is 0.0714. The van der Waals surface area contributed by atoms with Crippen molar-refractivity contribution in [2.24, 2.45) is 4.99 Å². The number of para-hydroxylation sites is 1. The summed E-state index contributed by atoms with van der Waals surface area (Å²) in [4.78, 5) is 4.54. The van der Waals surface area contributed by atoms with Crippen LogP contribution in [0.2, 0.25) is 0 Å². The molecule has 0 bridgehead atoms. The lowest BCUT2D eigenvalue weighted by Gasteiger charge is -2.06. The molecule has 0 aromatic heterocycles. The van der Waals surface area contributed by atoms with E-state index < -0.39 is 0 Å². The first-order valence-corrected chi connectivity index (χ1v) is 7.06. The van der Waals surface area contributed by atoms with Crippen molar-refractivity contribution in [2.45, 2.75) is 6.92 Å². The minimum atomic E-state index is 0.847. The van der Waals surface area contributed by atoms with Crippen LogP contribution in [0.25, 0.3) is 0 Å². The SMILES string of the molecule is CC(=Nc1cc(Br)ccc1Br)Nc1ccccc1. The first-order valence-electron chi connectivity index (χ1n) is 5.47. The maximum Gasteiger partial charge on any atom is 0.103 e. The van der Waals surface area contributed by atoms with Crippen molar-refractivity contribution in [3.63, 3.8) is 0 Å². The zero-order chi connectivity index (χ0) is 13.0. The second kappa shape index (κ2) is 6.16. The molecule has 18 heavy (non-hydrogen) atoms. The Labute approximate surface area is 123 Å². The molecule has 0 heterocycles. The molecule has 0 spiro atoms. The number of hydrogen-bond acceptors (Lipinski definition) is 1. The number of hydrogen-bond donors (Lipinski definition) is 1. The van der Waals surface area contributed by atoms with Gasteiger partial charge in [-0.25, -0.2) is 4.99 Å². The lowest BCUT2D eigenvalue weighted by Crippen LogP contribution is -2.06. The molecule has 4 heteroatoms. The lowest BCUT2D eigenvalue weighted by atomic mass is 10.3. The average molecular weight is 368 g/mol. The van der Waals surface area contributed by atoms with Gasteiger partial charge in [-0.15, -0.1) is 0 Å². The van der Waals surface area contributed by atoms with E-state index >= 15 is 0 Å². The van der Waals surface area contributed by atoms with Gasteiger partial charge in [0.1, 0.15) is 5.84 Å². The van der Waals surface area contributed by atoms with Gasteiger partial charge in [0.05, 0.1) is 5.69 Å². The van der Waals surface area contributed by atoms with Crippen LogP contribution < -0.4 is 5.32 Å². The molecule has 2 aromatic carbocycles. The van der Waals surface area contributed by atoms with E-state index in [-0.39, 0.29) is 0 Å². The first-order chi connectivity index (χ1) is 8.65. The Morgan fingerprint density at radius 1 is 1.06 bits per heavy atom. The van der Waals surface area contributed by atoms with E-state index in [1.54, 1.807) is 0 Å². The molecule has 0 saturated heterocycles. The molecule has 0 unspecified atom stereocenters. The largest absolute Gasteiger partial charge is 0.344 e. The Balaban J connectivity index is 2.20. The number of halogens is 2. The predicted molar refractivity (Wildman–Crippen MR) is 84.7 cm³/mol. The maximum atomic E-state index is 4.54. The minimum absolute atomic E-state index is 0.847. The van der Waals surface area contributed by atoms with Crippen molar-refractivity contribution in [2.75, 3.05) is 5.32 Å². The highest BCUT2D eigenvalue weighted by Crippen LogP contribution is 2.28. The Morgan fingerprint density at radius 2 is 1.78 bits per heavy atom. The smallest absolute Gasteiger partial charge is 0.103 e. The van der Waals surface area contributed by atoms with Crippen LogP contribution in [0.4, 0.5) is 11.4 Å². The molecule has 0 amide bonds. The quantitative estimate of drug-likeness (QED) is 0.559. The molecule has 0 saturated carbocycles. The molecule has 0 atom stereocenters. The van der Waals surface area contributed by atoms with E-state index in [1.165, 1.54) is 0 Å². The van der Waals surface area contributed by atoms with Gasteiger partial charge < -0.3 is 5.32 Å². The van der Waals surface area contributed by atoms with E-state index in [1.807, 2.05) is 55.5 Å². The number of aliphatic imine (C=N–C) groups is 1. The summed E-state index contributed by atoms with van der Waals surface area (Å²) in [6.07, 6.45) is 0. The third-order valence-electron chi connectivity index (χ3n) is 2.30. The van der Waals surface area contributed by atoms with Gasteiger partial charge in [0.15, 0.2) is 0 Å². The fourth-order valence-electron chi connectivity index (χ4n) is 1.51. The van der Waals surface area contributed by atoms with Crippen LogP contribution in [0.1, 0.15) is 6.92 Å². The molecule has 0 aliphatic heterocycles. The third kappa shape index (κ3) is 3.68. The second-order valence-electron chi connectivity index (χ2n) is 3.78. The van der Waals surface area contributed by atoms with Crippen LogP contribution in [0.15, 0.2) is 62.5 Å². The summed E-state index contributed by atoms with van der Waals surface area (Å²) >= 11 is 6.93. The van der Waals surface area contributed by atoms with Crippen molar-refractivity contribution < 1.29 is 0 Å². The normalized spacial score (nSPS) is 11.4. The summed E-state index contributed by atoms with van der Waals surface area (Å²) in [6.45, 7) is 1.94. The Hall–Kier alpha value is -1.13. The highest BCUT2D eigenvalue weighted by atomic mass is 79.9. The number of nitrogens with zero attached hydrogens (tertiary/aromatic N) is 1. The van der Waals surface area contributed by atoms with Gasteiger partial charge in [-0.1, -0.05) is 34.1 Å². The van der Waals surface area contributed by atoms with Crippen LogP contribution >= 0.6 is 31.9 Å². The van der Waals surface area contributed by atoms with Crippen LogP contribution in [0.3, 0.4) is 0 Å². The van der Waals surface area contributed by atoms with E-state index in [9.17, 15) is 0 Å². The summed E-state index contributed by atoms with van der Waals surface area (Å²) in [5.74, 6) is 0.847. The number of rotatable bonds is 2. The molecule has 0 aliphatic carbocycles. The molecule has 2 aromatic rings. The number of anilines is 1. The topological polar surface area (TPSA) is 24.4 Å². The zero-order valence-corrected chi connectivity index (χ0v) is 13.0. The Kier molecular flexibility index (Phi) is 4.55. The highest BCUT2D eigenvalue weighted by molar-refractivity contribution is 9.11. The predicted octanol–water partition coefficient (Wildman–Crippen LogP) is 5.37. The van der Waals surface area contributed by atoms with Crippen LogP contribution in [0.5, 0.6) is 0 Å². The monoisotopic (exact) mass is 366 g/mol. The van der Waals surface area contributed by atoms with Crippen molar-refractivity contribution in [3.05, 3.63) is 57.5 Å². The highest BCUT2D eigenvalue weighted by Gasteiger charge is 2.00. The van der Waals surface area contributed by atoms with Gasteiger partial charge in [0.25, 0.3) is 0 Å². The number of benzene rings is 2. The van der Waals surface area contributed by atoms with Crippen molar-refractivity contribution in [3.8, 4) is 0 Å². The van der Waals surface area contributed by atoms with Crippen molar-refractivity contribution >= 4 is 49.1 Å². The van der Waals surface area contributed by atoms with Crippen LogP contribution in [0, 0.1) is 0 Å². The zero-order valence-electron chi connectivity index (χ0n) is 9.82. The summed E-state index contributed by atoms with van der Waals surface area (Å²) in [5, 5.41) is 3.25. The molecule has 2 rings (SSSR count). The molecular formula is C14H12Br2N2. The van der Waals surface area contributed by atoms with Gasteiger partial charge in [-0.05, 0) is 53.2 Å².